The van der Waals surface area contributed by atoms with E-state index in [-0.39, 0.29) is 18.9 Å². The molecule has 0 unspecified atom stereocenters. The van der Waals surface area contributed by atoms with Crippen molar-refractivity contribution in [3.8, 4) is 6.07 Å². The van der Waals surface area contributed by atoms with Crippen LogP contribution < -0.4 is 5.32 Å². The Morgan fingerprint density at radius 3 is 2.82 bits per heavy atom. The van der Waals surface area contributed by atoms with Crippen LogP contribution in [0, 0.1) is 11.3 Å². The van der Waals surface area contributed by atoms with Gasteiger partial charge < -0.3 is 10.4 Å². The molecule has 0 heterocycles. The maximum Gasteiger partial charge on any atom is 0.251 e. The number of aliphatic hydroxyl groups is 1. The van der Waals surface area contributed by atoms with E-state index < -0.39 is 5.54 Å². The van der Waals surface area contributed by atoms with Crippen LogP contribution in [0.15, 0.2) is 24.3 Å². The standard InChI is InChI=1S/C13H16N2O2/c1-13(2,9-16)15-12(17)11-5-3-4-10(8-11)6-7-14/h3-5,8,16H,6,9H2,1-2H3,(H,15,17). The van der Waals surface area contributed by atoms with Gasteiger partial charge in [0.15, 0.2) is 0 Å². The van der Waals surface area contributed by atoms with E-state index in [1.807, 2.05) is 6.07 Å². The second-order valence-corrected chi connectivity index (χ2v) is 4.53. The fraction of sp³-hybridized carbons (Fsp3) is 0.385. The van der Waals surface area contributed by atoms with Gasteiger partial charge in [0.25, 0.3) is 5.91 Å². The third kappa shape index (κ3) is 3.89. The van der Waals surface area contributed by atoms with E-state index in [0.717, 1.165) is 5.56 Å². The molecule has 0 fully saturated rings. The zero-order valence-corrected chi connectivity index (χ0v) is 10.0. The predicted octanol–water partition coefficient (Wildman–Crippen LogP) is 1.25. The summed E-state index contributed by atoms with van der Waals surface area (Å²) in [6.07, 6.45) is 0.282. The van der Waals surface area contributed by atoms with Crippen LogP contribution in [0.4, 0.5) is 0 Å². The highest BCUT2D eigenvalue weighted by molar-refractivity contribution is 5.94. The molecule has 1 aromatic carbocycles. The van der Waals surface area contributed by atoms with Gasteiger partial charge in [0.2, 0.25) is 0 Å². The number of aliphatic hydroxyl groups excluding tert-OH is 1. The number of hydrogen-bond donors (Lipinski definition) is 2. The highest BCUT2D eigenvalue weighted by atomic mass is 16.3. The third-order valence-corrected chi connectivity index (χ3v) is 2.32. The molecule has 1 rings (SSSR count). The highest BCUT2D eigenvalue weighted by Gasteiger charge is 2.19. The molecule has 0 saturated carbocycles. The van der Waals surface area contributed by atoms with Gasteiger partial charge in [0, 0.05) is 5.56 Å². The van der Waals surface area contributed by atoms with Gasteiger partial charge in [-0.2, -0.15) is 5.26 Å². The summed E-state index contributed by atoms with van der Waals surface area (Å²) in [4.78, 5) is 11.9. The van der Waals surface area contributed by atoms with Gasteiger partial charge in [0.05, 0.1) is 24.6 Å². The van der Waals surface area contributed by atoms with Crippen LogP contribution >= 0.6 is 0 Å². The number of rotatable bonds is 4. The van der Waals surface area contributed by atoms with Gasteiger partial charge in [-0.1, -0.05) is 12.1 Å². The van der Waals surface area contributed by atoms with Crippen molar-refractivity contribution in [1.29, 1.82) is 5.26 Å². The van der Waals surface area contributed by atoms with E-state index in [1.54, 1.807) is 38.1 Å². The van der Waals surface area contributed by atoms with Gasteiger partial charge in [-0.05, 0) is 31.5 Å². The number of hydrogen-bond acceptors (Lipinski definition) is 3. The Morgan fingerprint density at radius 1 is 1.53 bits per heavy atom. The Labute approximate surface area is 101 Å². The lowest BCUT2D eigenvalue weighted by molar-refractivity contribution is 0.0869. The van der Waals surface area contributed by atoms with Crippen molar-refractivity contribution < 1.29 is 9.90 Å². The number of carbonyl (C=O) groups excluding carboxylic acids is 1. The van der Waals surface area contributed by atoms with E-state index in [2.05, 4.69) is 5.32 Å². The number of nitriles is 1. The molecule has 0 atom stereocenters. The topological polar surface area (TPSA) is 73.1 Å². The monoisotopic (exact) mass is 232 g/mol. The molecule has 0 bridgehead atoms. The summed E-state index contributed by atoms with van der Waals surface area (Å²) in [6, 6.07) is 8.95. The maximum atomic E-state index is 11.9. The molecule has 0 aliphatic heterocycles. The van der Waals surface area contributed by atoms with Crippen LogP contribution in [-0.4, -0.2) is 23.2 Å². The molecular formula is C13H16N2O2. The molecule has 90 valence electrons. The molecule has 4 nitrogen and oxygen atoms in total. The predicted molar refractivity (Wildman–Crippen MR) is 64.4 cm³/mol. The molecule has 17 heavy (non-hydrogen) atoms. The summed E-state index contributed by atoms with van der Waals surface area (Å²) >= 11 is 0. The number of nitrogens with one attached hydrogen (secondary N) is 1. The summed E-state index contributed by atoms with van der Waals surface area (Å²) in [7, 11) is 0. The zero-order chi connectivity index (χ0) is 12.9. The fourth-order valence-electron chi connectivity index (χ4n) is 1.33. The second kappa shape index (κ2) is 5.46. The first-order chi connectivity index (χ1) is 7.98. The molecule has 0 aromatic heterocycles. The third-order valence-electron chi connectivity index (χ3n) is 2.32. The quantitative estimate of drug-likeness (QED) is 0.820. The van der Waals surface area contributed by atoms with Gasteiger partial charge in [-0.25, -0.2) is 0 Å². The molecule has 0 aliphatic rings. The minimum atomic E-state index is -0.650. The number of amides is 1. The molecule has 4 heteroatoms. The highest BCUT2D eigenvalue weighted by Crippen LogP contribution is 2.08. The summed E-state index contributed by atoms with van der Waals surface area (Å²) in [5.74, 6) is -0.246. The summed E-state index contributed by atoms with van der Waals surface area (Å²) in [5.41, 5.74) is 0.656. The van der Waals surface area contributed by atoms with Crippen molar-refractivity contribution in [2.24, 2.45) is 0 Å². The maximum absolute atomic E-state index is 11.9. The molecular weight excluding hydrogens is 216 g/mol. The summed E-state index contributed by atoms with van der Waals surface area (Å²) in [6.45, 7) is 3.35. The van der Waals surface area contributed by atoms with Crippen molar-refractivity contribution in [3.63, 3.8) is 0 Å². The first kappa shape index (κ1) is 13.2. The van der Waals surface area contributed by atoms with Crippen LogP contribution in [0.3, 0.4) is 0 Å². The SMILES string of the molecule is CC(C)(CO)NC(=O)c1cccc(CC#N)c1. The Balaban J connectivity index is 2.83. The minimum absolute atomic E-state index is 0.128. The normalized spacial score (nSPS) is 10.7. The van der Waals surface area contributed by atoms with Gasteiger partial charge in [0.1, 0.15) is 0 Å². The lowest BCUT2D eigenvalue weighted by Gasteiger charge is -2.23. The van der Waals surface area contributed by atoms with Crippen molar-refractivity contribution in [3.05, 3.63) is 35.4 Å². The average molecular weight is 232 g/mol. The number of benzene rings is 1. The van der Waals surface area contributed by atoms with Crippen LogP contribution in [0.25, 0.3) is 0 Å². The molecule has 0 radical (unpaired) electrons. The second-order valence-electron chi connectivity index (χ2n) is 4.53. The smallest absolute Gasteiger partial charge is 0.251 e. The Bertz CT molecular complexity index is 447. The first-order valence-electron chi connectivity index (χ1n) is 5.38. The average Bonchev–Trinajstić information content (AvgIpc) is 2.29. The van der Waals surface area contributed by atoms with E-state index in [1.165, 1.54) is 0 Å². The van der Waals surface area contributed by atoms with Gasteiger partial charge in [-0.15, -0.1) is 0 Å². The molecule has 0 aliphatic carbocycles. The van der Waals surface area contributed by atoms with Crippen LogP contribution in [0.1, 0.15) is 29.8 Å². The minimum Gasteiger partial charge on any atom is -0.394 e. The van der Waals surface area contributed by atoms with E-state index in [4.69, 9.17) is 10.4 Å². The largest absolute Gasteiger partial charge is 0.394 e. The van der Waals surface area contributed by atoms with Crippen LogP contribution in [0.5, 0.6) is 0 Å². The van der Waals surface area contributed by atoms with Crippen molar-refractivity contribution in [1.82, 2.24) is 5.32 Å². The van der Waals surface area contributed by atoms with Crippen LogP contribution in [-0.2, 0) is 6.42 Å². The molecule has 2 N–H and O–H groups in total. The molecule has 1 amide bonds. The van der Waals surface area contributed by atoms with E-state index >= 15 is 0 Å². The van der Waals surface area contributed by atoms with E-state index in [9.17, 15) is 4.79 Å². The molecule has 0 saturated heterocycles. The first-order valence-corrected chi connectivity index (χ1v) is 5.38. The van der Waals surface area contributed by atoms with Crippen LogP contribution in [0.2, 0.25) is 0 Å². The fourth-order valence-corrected chi connectivity index (χ4v) is 1.33. The molecule has 0 spiro atoms. The summed E-state index contributed by atoms with van der Waals surface area (Å²) in [5, 5.41) is 20.4. The Kier molecular flexibility index (Phi) is 4.24. The van der Waals surface area contributed by atoms with Crippen molar-refractivity contribution in [2.45, 2.75) is 25.8 Å². The van der Waals surface area contributed by atoms with Gasteiger partial charge >= 0.3 is 0 Å². The van der Waals surface area contributed by atoms with Gasteiger partial charge in [-0.3, -0.25) is 4.79 Å². The van der Waals surface area contributed by atoms with E-state index in [0.29, 0.717) is 5.56 Å². The molecule has 1 aromatic rings. The summed E-state index contributed by atoms with van der Waals surface area (Å²) < 4.78 is 0. The zero-order valence-electron chi connectivity index (χ0n) is 10.0. The number of nitrogens with zero attached hydrogens (tertiary/aromatic N) is 1. The number of carbonyl (C=O) groups is 1. The van der Waals surface area contributed by atoms with Crippen molar-refractivity contribution >= 4 is 5.91 Å². The van der Waals surface area contributed by atoms with Crippen molar-refractivity contribution in [2.75, 3.05) is 6.61 Å². The lowest BCUT2D eigenvalue weighted by Crippen LogP contribution is -2.46. The Hall–Kier alpha value is -1.86. The lowest BCUT2D eigenvalue weighted by atomic mass is 10.0. The Morgan fingerprint density at radius 2 is 2.24 bits per heavy atom.